The minimum Gasteiger partial charge on any atom is -0.386 e. The predicted octanol–water partition coefficient (Wildman–Crippen LogP) is 2.85. The fourth-order valence-electron chi connectivity index (χ4n) is 2.53. The van der Waals surface area contributed by atoms with Crippen molar-refractivity contribution in [3.63, 3.8) is 0 Å². The lowest BCUT2D eigenvalue weighted by Crippen LogP contribution is -2.38. The first kappa shape index (κ1) is 17.9. The van der Waals surface area contributed by atoms with Gasteiger partial charge in [0, 0.05) is 30.6 Å². The van der Waals surface area contributed by atoms with Gasteiger partial charge in [-0.3, -0.25) is 4.68 Å². The summed E-state index contributed by atoms with van der Waals surface area (Å²) in [6, 6.07) is 2.04. The Hall–Kier alpha value is -1.93. The molecular formula is C17H23BrN6O. The van der Waals surface area contributed by atoms with Crippen molar-refractivity contribution in [1.29, 1.82) is 0 Å². The van der Waals surface area contributed by atoms with Gasteiger partial charge >= 0.3 is 0 Å². The predicted molar refractivity (Wildman–Crippen MR) is 101 cm³/mol. The molecule has 0 aromatic carbocycles. The van der Waals surface area contributed by atoms with Crippen molar-refractivity contribution >= 4 is 27.3 Å². The number of aromatic nitrogens is 5. The van der Waals surface area contributed by atoms with Crippen molar-refractivity contribution in [2.24, 2.45) is 0 Å². The Morgan fingerprint density at radius 1 is 1.28 bits per heavy atom. The molecule has 0 amide bonds. The van der Waals surface area contributed by atoms with Crippen molar-refractivity contribution in [2.45, 2.75) is 45.3 Å². The van der Waals surface area contributed by atoms with Crippen LogP contribution in [0.15, 0.2) is 35.3 Å². The third-order valence-electron chi connectivity index (χ3n) is 3.90. The summed E-state index contributed by atoms with van der Waals surface area (Å²) in [6.07, 6.45) is 7.06. The maximum absolute atomic E-state index is 10.7. The molecule has 3 aromatic rings. The molecule has 0 fully saturated rings. The summed E-state index contributed by atoms with van der Waals surface area (Å²) in [4.78, 5) is 4.40. The molecule has 0 saturated carbocycles. The molecule has 0 radical (unpaired) electrons. The highest BCUT2D eigenvalue weighted by molar-refractivity contribution is 9.10. The molecule has 7 nitrogen and oxygen atoms in total. The zero-order chi connectivity index (χ0) is 18.2. The molecule has 2 N–H and O–H groups in total. The second-order valence-corrected chi connectivity index (χ2v) is 8.51. The molecule has 0 aliphatic carbocycles. The number of anilines is 1. The Labute approximate surface area is 155 Å². The van der Waals surface area contributed by atoms with Gasteiger partial charge in [-0.05, 0) is 28.9 Å². The van der Waals surface area contributed by atoms with Crippen LogP contribution in [0.3, 0.4) is 0 Å². The monoisotopic (exact) mass is 406 g/mol. The third kappa shape index (κ3) is 4.19. The van der Waals surface area contributed by atoms with E-state index in [-0.39, 0.29) is 5.41 Å². The molecule has 8 heteroatoms. The highest BCUT2D eigenvalue weighted by Gasteiger charge is 2.23. The van der Waals surface area contributed by atoms with E-state index in [4.69, 9.17) is 0 Å². The molecule has 134 valence electrons. The van der Waals surface area contributed by atoms with Crippen LogP contribution >= 0.6 is 15.9 Å². The average molecular weight is 407 g/mol. The third-order valence-corrected chi connectivity index (χ3v) is 4.31. The van der Waals surface area contributed by atoms with Gasteiger partial charge < -0.3 is 10.4 Å². The molecule has 3 aromatic heterocycles. The second-order valence-electron chi connectivity index (χ2n) is 7.59. The van der Waals surface area contributed by atoms with Gasteiger partial charge in [-0.2, -0.15) is 10.2 Å². The largest absolute Gasteiger partial charge is 0.386 e. The van der Waals surface area contributed by atoms with Crippen molar-refractivity contribution in [2.75, 3.05) is 11.9 Å². The number of hydrogen-bond donors (Lipinski definition) is 2. The lowest BCUT2D eigenvalue weighted by atomic mass is 9.92. The minimum absolute atomic E-state index is 0.0394. The summed E-state index contributed by atoms with van der Waals surface area (Å²) >= 11 is 3.36. The van der Waals surface area contributed by atoms with E-state index >= 15 is 0 Å². The molecule has 25 heavy (non-hydrogen) atoms. The number of hydrogen-bond acceptors (Lipinski definition) is 5. The number of fused-ring (bicyclic) bond motifs is 1. The van der Waals surface area contributed by atoms with Crippen LogP contribution in [-0.2, 0) is 12.0 Å². The van der Waals surface area contributed by atoms with Crippen LogP contribution in [0.4, 0.5) is 5.82 Å². The van der Waals surface area contributed by atoms with Gasteiger partial charge in [0.05, 0.1) is 28.5 Å². The second kappa shape index (κ2) is 6.42. The molecule has 1 atom stereocenters. The van der Waals surface area contributed by atoms with Crippen LogP contribution in [0.25, 0.3) is 5.52 Å². The summed E-state index contributed by atoms with van der Waals surface area (Å²) in [5.74, 6) is 0.701. The lowest BCUT2D eigenvalue weighted by Gasteiger charge is -2.24. The van der Waals surface area contributed by atoms with Crippen LogP contribution in [0.2, 0.25) is 0 Å². The topological polar surface area (TPSA) is 80.3 Å². The summed E-state index contributed by atoms with van der Waals surface area (Å²) in [7, 11) is 0. The lowest BCUT2D eigenvalue weighted by molar-refractivity contribution is 0.0513. The highest BCUT2D eigenvalue weighted by atomic mass is 79.9. The smallest absolute Gasteiger partial charge is 0.152 e. The summed E-state index contributed by atoms with van der Waals surface area (Å²) in [5.41, 5.74) is 0.872. The van der Waals surface area contributed by atoms with Gasteiger partial charge in [-0.15, -0.1) is 0 Å². The van der Waals surface area contributed by atoms with Crippen molar-refractivity contribution in [3.05, 3.63) is 41.0 Å². The number of rotatable bonds is 5. The molecule has 0 bridgehead atoms. The summed E-state index contributed by atoms with van der Waals surface area (Å²) in [5, 5.41) is 22.7. The first-order valence-corrected chi connectivity index (χ1v) is 8.92. The van der Waals surface area contributed by atoms with Gasteiger partial charge in [0.25, 0.3) is 0 Å². The maximum atomic E-state index is 10.7. The standard InChI is InChI=1S/C17H23BrN6O/c1-16(2,3)14-7-13-15(19-5-6-24(13)22-14)20-10-17(4,25)11-23-9-12(18)8-21-23/h5-9,25H,10-11H2,1-4H3,(H,19,20). The first-order valence-electron chi connectivity index (χ1n) is 8.13. The zero-order valence-corrected chi connectivity index (χ0v) is 16.4. The van der Waals surface area contributed by atoms with E-state index in [9.17, 15) is 5.11 Å². The Bertz CT molecular complexity index is 877. The fraction of sp³-hybridized carbons (Fsp3) is 0.471. The normalized spacial score (nSPS) is 14.6. The van der Waals surface area contributed by atoms with E-state index in [1.165, 1.54) is 0 Å². The summed E-state index contributed by atoms with van der Waals surface area (Å²) < 4.78 is 4.41. The molecule has 0 aliphatic rings. The van der Waals surface area contributed by atoms with Crippen LogP contribution in [0.1, 0.15) is 33.4 Å². The summed E-state index contributed by atoms with van der Waals surface area (Å²) in [6.45, 7) is 8.87. The zero-order valence-electron chi connectivity index (χ0n) is 14.9. The van der Waals surface area contributed by atoms with E-state index in [0.29, 0.717) is 18.9 Å². The number of nitrogens with one attached hydrogen (secondary N) is 1. The van der Waals surface area contributed by atoms with Crippen LogP contribution < -0.4 is 5.32 Å². The maximum Gasteiger partial charge on any atom is 0.152 e. The molecule has 0 spiro atoms. The van der Waals surface area contributed by atoms with E-state index in [0.717, 1.165) is 15.7 Å². The van der Waals surface area contributed by atoms with Crippen molar-refractivity contribution in [3.8, 4) is 0 Å². The number of halogens is 1. The molecule has 3 heterocycles. The van der Waals surface area contributed by atoms with E-state index in [1.807, 2.05) is 23.0 Å². The average Bonchev–Trinajstić information content (AvgIpc) is 3.10. The highest BCUT2D eigenvalue weighted by Crippen LogP contribution is 2.25. The first-order chi connectivity index (χ1) is 11.6. The Kier molecular flexibility index (Phi) is 4.59. The van der Waals surface area contributed by atoms with Gasteiger partial charge in [0.1, 0.15) is 5.52 Å². The van der Waals surface area contributed by atoms with Gasteiger partial charge in [-0.1, -0.05) is 20.8 Å². The molecule has 1 unspecified atom stereocenters. The SMILES string of the molecule is CC(O)(CNc1nccn2nc(C(C)(C)C)cc12)Cn1cc(Br)cn1. The van der Waals surface area contributed by atoms with Crippen LogP contribution in [-0.4, -0.2) is 41.6 Å². The van der Waals surface area contributed by atoms with Crippen molar-refractivity contribution < 1.29 is 5.11 Å². The quantitative estimate of drug-likeness (QED) is 0.680. The molecular weight excluding hydrogens is 384 g/mol. The van der Waals surface area contributed by atoms with E-state index in [2.05, 4.69) is 57.2 Å². The molecule has 3 rings (SSSR count). The van der Waals surface area contributed by atoms with Gasteiger partial charge in [0.15, 0.2) is 5.82 Å². The molecule has 0 saturated heterocycles. The van der Waals surface area contributed by atoms with Gasteiger partial charge in [0.2, 0.25) is 0 Å². The fourth-order valence-corrected chi connectivity index (χ4v) is 2.86. The van der Waals surface area contributed by atoms with E-state index < -0.39 is 5.60 Å². The molecule has 0 aliphatic heterocycles. The van der Waals surface area contributed by atoms with Crippen LogP contribution in [0, 0.1) is 0 Å². The van der Waals surface area contributed by atoms with E-state index in [1.54, 1.807) is 24.0 Å². The van der Waals surface area contributed by atoms with Crippen molar-refractivity contribution in [1.82, 2.24) is 24.4 Å². The minimum atomic E-state index is -0.979. The Morgan fingerprint density at radius 3 is 2.68 bits per heavy atom. The Balaban J connectivity index is 1.77. The van der Waals surface area contributed by atoms with Gasteiger partial charge in [-0.25, -0.2) is 9.50 Å². The number of aliphatic hydroxyl groups is 1. The number of nitrogens with zero attached hydrogens (tertiary/aromatic N) is 5. The Morgan fingerprint density at radius 2 is 2.04 bits per heavy atom. The van der Waals surface area contributed by atoms with Crippen LogP contribution in [0.5, 0.6) is 0 Å².